The third-order valence-corrected chi connectivity index (χ3v) is 0.431. The zero-order valence-corrected chi connectivity index (χ0v) is 4.94. The van der Waals surface area contributed by atoms with Crippen LogP contribution in [0.25, 0.3) is 0 Å². The topological polar surface area (TPSA) is 80.3 Å². The Morgan fingerprint density at radius 3 is 1.56 bits per heavy atom. The molecule has 9 heavy (non-hydrogen) atoms. The maximum atomic E-state index is 9.93. The first kappa shape index (κ1) is 8.72. The van der Waals surface area contributed by atoms with Gasteiger partial charge in [0.15, 0.2) is 0 Å². The van der Waals surface area contributed by atoms with Crippen molar-refractivity contribution in [2.24, 2.45) is 0 Å². The summed E-state index contributed by atoms with van der Waals surface area (Å²) in [6, 6.07) is 0. The number of nitrogens with zero attached hydrogens (tertiary/aromatic N) is 2. The molecule has 0 atom stereocenters. The van der Waals surface area contributed by atoms with Gasteiger partial charge in [-0.05, 0) is 0 Å². The minimum atomic E-state index is -0.406. The van der Waals surface area contributed by atoms with Crippen molar-refractivity contribution in [1.82, 2.24) is 10.8 Å². The molecule has 0 aromatic carbocycles. The monoisotopic (exact) mass is 138 g/mol. The molecule has 7 nitrogen and oxygen atoms in total. The maximum absolute atomic E-state index is 9.93. The van der Waals surface area contributed by atoms with Crippen LogP contribution in [0.1, 0.15) is 0 Å². The fourth-order valence-electron chi connectivity index (χ4n) is 0.121. The molecule has 0 fully saturated rings. The second kappa shape index (κ2) is 4.58. The molecule has 56 valence electrons. The Labute approximate surface area is 51.3 Å². The predicted octanol–water partition coefficient (Wildman–Crippen LogP) is -0.445. The number of hydrogen-bond acceptors (Lipinski definition) is 7. The van der Waals surface area contributed by atoms with Crippen molar-refractivity contribution >= 4 is 0 Å². The van der Waals surface area contributed by atoms with Gasteiger partial charge < -0.3 is 10.4 Å². The smallest absolute Gasteiger partial charge is 0.0591 e. The summed E-state index contributed by atoms with van der Waals surface area (Å²) in [5.74, 6) is 0. The van der Waals surface area contributed by atoms with E-state index >= 15 is 0 Å². The molecule has 0 rings (SSSR count). The van der Waals surface area contributed by atoms with Crippen LogP contribution in [0.5, 0.6) is 0 Å². The largest absolute Gasteiger partial charge is 0.736 e. The Bertz CT molecular complexity index is 62.0. The number of rotatable bonds is 4. The van der Waals surface area contributed by atoms with Gasteiger partial charge in [0.2, 0.25) is 0 Å². The Morgan fingerprint density at radius 2 is 1.33 bits per heavy atom. The van der Waals surface area contributed by atoms with Gasteiger partial charge in [0.05, 0.1) is 14.2 Å². The summed E-state index contributed by atoms with van der Waals surface area (Å²) in [5.41, 5.74) is 0. The molecule has 0 radical (unpaired) electrons. The van der Waals surface area contributed by atoms with Crippen LogP contribution in [0.4, 0.5) is 0 Å². The number of hydrogen-bond donors (Lipinski definition) is 0. The van der Waals surface area contributed by atoms with Crippen molar-refractivity contribution in [2.75, 3.05) is 14.2 Å². The first-order chi connectivity index (χ1) is 4.20. The van der Waals surface area contributed by atoms with Gasteiger partial charge in [0, 0.05) is 0 Å². The van der Waals surface area contributed by atoms with Crippen LogP contribution in [-0.2, 0) is 14.6 Å². The highest BCUT2D eigenvalue weighted by Crippen LogP contribution is 1.91. The molecule has 0 heterocycles. The van der Waals surface area contributed by atoms with Gasteiger partial charge in [0.25, 0.3) is 0 Å². The zero-order chi connectivity index (χ0) is 7.28. The highest BCUT2D eigenvalue weighted by molar-refractivity contribution is 4.17. The van der Waals surface area contributed by atoms with Crippen molar-refractivity contribution in [3.8, 4) is 0 Å². The highest BCUT2D eigenvalue weighted by atomic mass is 17.3. The van der Waals surface area contributed by atoms with E-state index in [9.17, 15) is 10.4 Å². The van der Waals surface area contributed by atoms with E-state index in [0.717, 1.165) is 14.2 Å². The quantitative estimate of drug-likeness (QED) is 0.487. The summed E-state index contributed by atoms with van der Waals surface area (Å²) in [6.45, 7) is 0. The third kappa shape index (κ3) is 4.24. The fraction of sp³-hybridized carbons (Fsp3) is 1.00. The SMILES string of the molecule is CON([O-])ON([O-])OC. The van der Waals surface area contributed by atoms with E-state index in [4.69, 9.17) is 0 Å². The van der Waals surface area contributed by atoms with Crippen molar-refractivity contribution in [3.63, 3.8) is 0 Å². The van der Waals surface area contributed by atoms with Crippen LogP contribution in [-0.4, -0.2) is 25.0 Å². The third-order valence-electron chi connectivity index (χ3n) is 0.431. The molecule has 0 saturated carbocycles. The van der Waals surface area contributed by atoms with Crippen LogP contribution in [0.15, 0.2) is 0 Å². The van der Waals surface area contributed by atoms with Crippen LogP contribution < -0.4 is 0 Å². The van der Waals surface area contributed by atoms with Gasteiger partial charge in [-0.2, -0.15) is 4.94 Å². The summed E-state index contributed by atoms with van der Waals surface area (Å²) in [6.07, 6.45) is 0. The molecule has 0 saturated heterocycles. The van der Waals surface area contributed by atoms with Gasteiger partial charge >= 0.3 is 0 Å². The van der Waals surface area contributed by atoms with Crippen LogP contribution >= 0.6 is 0 Å². The summed E-state index contributed by atoms with van der Waals surface area (Å²) >= 11 is 0. The molecule has 0 aromatic heterocycles. The van der Waals surface area contributed by atoms with Crippen LogP contribution in [0.3, 0.4) is 0 Å². The molecule has 0 aliphatic rings. The summed E-state index contributed by atoms with van der Waals surface area (Å²) < 4.78 is 0. The summed E-state index contributed by atoms with van der Waals surface area (Å²) in [4.78, 5) is 11.4. The lowest BCUT2D eigenvalue weighted by Crippen LogP contribution is -2.26. The van der Waals surface area contributed by atoms with E-state index in [1.54, 1.807) is 0 Å². The normalized spacial score (nSPS) is 11.3. The Morgan fingerprint density at radius 1 is 1.00 bits per heavy atom. The van der Waals surface area contributed by atoms with Gasteiger partial charge in [0.1, 0.15) is 0 Å². The first-order valence-corrected chi connectivity index (χ1v) is 1.91. The van der Waals surface area contributed by atoms with Gasteiger partial charge in [-0.15, -0.1) is 10.8 Å². The van der Waals surface area contributed by atoms with E-state index in [1.165, 1.54) is 0 Å². The summed E-state index contributed by atoms with van der Waals surface area (Å²) in [7, 11) is 2.08. The van der Waals surface area contributed by atoms with Crippen LogP contribution in [0.2, 0.25) is 0 Å². The Hall–Kier alpha value is -0.280. The molecule has 0 N–H and O–H groups in total. The van der Waals surface area contributed by atoms with Gasteiger partial charge in [-0.25, -0.2) is 0 Å². The average molecular weight is 138 g/mol. The molecular weight excluding hydrogens is 132 g/mol. The molecule has 0 aliphatic heterocycles. The lowest BCUT2D eigenvalue weighted by atomic mass is 11.7. The molecule has 0 amide bonds. The molecule has 7 heteroatoms. The lowest BCUT2D eigenvalue weighted by Gasteiger charge is -2.31. The van der Waals surface area contributed by atoms with Crippen molar-refractivity contribution < 1.29 is 14.6 Å². The van der Waals surface area contributed by atoms with Gasteiger partial charge in [-0.3, -0.25) is 9.68 Å². The van der Waals surface area contributed by atoms with E-state index in [1.807, 2.05) is 0 Å². The molecule has 0 aromatic rings. The minimum absolute atomic E-state index is 0.406. The van der Waals surface area contributed by atoms with Crippen molar-refractivity contribution in [2.45, 2.75) is 0 Å². The van der Waals surface area contributed by atoms with E-state index in [0.29, 0.717) is 0 Å². The zero-order valence-electron chi connectivity index (χ0n) is 4.94. The summed E-state index contributed by atoms with van der Waals surface area (Å²) in [5, 5.41) is 19.1. The Kier molecular flexibility index (Phi) is 4.44. The molecular formula is C2H6N2O5-2. The predicted molar refractivity (Wildman–Crippen MR) is 25.5 cm³/mol. The van der Waals surface area contributed by atoms with Crippen molar-refractivity contribution in [3.05, 3.63) is 10.4 Å². The Balaban J connectivity index is 3.22. The lowest BCUT2D eigenvalue weighted by molar-refractivity contribution is -0.485. The van der Waals surface area contributed by atoms with Crippen molar-refractivity contribution in [1.29, 1.82) is 0 Å². The van der Waals surface area contributed by atoms with Gasteiger partial charge in [-0.1, -0.05) is 0 Å². The molecule has 0 bridgehead atoms. The first-order valence-electron chi connectivity index (χ1n) is 1.91. The highest BCUT2D eigenvalue weighted by Gasteiger charge is 1.88. The fourth-order valence-corrected chi connectivity index (χ4v) is 0.121. The molecule has 0 unspecified atom stereocenters. The molecule has 0 spiro atoms. The second-order valence-electron chi connectivity index (χ2n) is 0.894. The van der Waals surface area contributed by atoms with E-state index in [2.05, 4.69) is 14.6 Å². The molecule has 0 aliphatic carbocycles. The van der Waals surface area contributed by atoms with E-state index < -0.39 is 10.8 Å². The standard InChI is InChI=1S/C2H6N2O5/c1-7-3(5)9-4(6)8-2/h1-2H3/q-2. The maximum Gasteiger partial charge on any atom is 0.0591 e. The van der Waals surface area contributed by atoms with E-state index in [-0.39, 0.29) is 0 Å². The second-order valence-corrected chi connectivity index (χ2v) is 0.894. The van der Waals surface area contributed by atoms with Crippen LogP contribution in [0, 0.1) is 10.4 Å². The average Bonchev–Trinajstić information content (AvgIpc) is 1.87. The minimum Gasteiger partial charge on any atom is -0.736 e.